The normalized spacial score (nSPS) is 32.3. The number of aliphatic hydroxyl groups is 1. The van der Waals surface area contributed by atoms with Gasteiger partial charge in [-0.25, -0.2) is 0 Å². The highest BCUT2D eigenvalue weighted by Gasteiger charge is 2.74. The van der Waals surface area contributed by atoms with Gasteiger partial charge >= 0.3 is 5.97 Å². The fourth-order valence-corrected chi connectivity index (χ4v) is 8.04. The van der Waals surface area contributed by atoms with Gasteiger partial charge in [0.15, 0.2) is 0 Å². The number of nitrogens with zero attached hydrogens (tertiary/aromatic N) is 2. The molecule has 1 spiro atoms. The van der Waals surface area contributed by atoms with Crippen molar-refractivity contribution in [2.45, 2.75) is 95.1 Å². The second-order valence-electron chi connectivity index (χ2n) is 12.8. The molecule has 4 aliphatic rings. The van der Waals surface area contributed by atoms with Gasteiger partial charge in [0.2, 0.25) is 17.7 Å². The van der Waals surface area contributed by atoms with Crippen molar-refractivity contribution in [2.24, 2.45) is 11.8 Å². The van der Waals surface area contributed by atoms with E-state index in [0.717, 1.165) is 31.2 Å². The lowest BCUT2D eigenvalue weighted by Gasteiger charge is -2.36. The van der Waals surface area contributed by atoms with Crippen LogP contribution < -0.4 is 5.32 Å². The summed E-state index contributed by atoms with van der Waals surface area (Å²) in [6.07, 6.45) is 9.43. The molecule has 2 fully saturated rings. The number of hydrogen-bond acceptors (Lipinski definition) is 7. The van der Waals surface area contributed by atoms with E-state index in [4.69, 9.17) is 9.47 Å². The number of nitrogens with one attached hydrogen (secondary N) is 1. The predicted molar refractivity (Wildman–Crippen MR) is 175 cm³/mol. The Balaban J connectivity index is 1.55. The molecular weight excluding hydrogens is 654 g/mol. The number of ether oxygens (including phenoxy) is 2. The van der Waals surface area contributed by atoms with Gasteiger partial charge in [0.25, 0.3) is 0 Å². The predicted octanol–water partition coefficient (Wildman–Crippen LogP) is 4.18. The highest BCUT2D eigenvalue weighted by Crippen LogP contribution is 2.59. The van der Waals surface area contributed by atoms with Crippen LogP contribution in [0.1, 0.15) is 76.9 Å². The lowest BCUT2D eigenvalue weighted by molar-refractivity contribution is -0.161. The summed E-state index contributed by atoms with van der Waals surface area (Å²) in [4.78, 5) is 59.6. The molecule has 4 heterocycles. The van der Waals surface area contributed by atoms with Crippen LogP contribution in [0, 0.1) is 11.8 Å². The minimum atomic E-state index is -1.32. The maximum absolute atomic E-state index is 14.6. The van der Waals surface area contributed by atoms with Crippen LogP contribution in [-0.4, -0.2) is 88.6 Å². The third-order valence-corrected chi connectivity index (χ3v) is 10.3. The Morgan fingerprint density at radius 1 is 0.978 bits per heavy atom. The van der Waals surface area contributed by atoms with E-state index in [-0.39, 0.29) is 30.7 Å². The lowest BCUT2D eigenvalue weighted by Crippen LogP contribution is -2.56. The summed E-state index contributed by atoms with van der Waals surface area (Å²) in [6.45, 7) is 5.16. The number of hydrogen-bond donors (Lipinski definition) is 2. The van der Waals surface area contributed by atoms with Crippen LogP contribution >= 0.6 is 15.9 Å². The second kappa shape index (κ2) is 15.3. The zero-order valence-electron chi connectivity index (χ0n) is 26.7. The topological polar surface area (TPSA) is 125 Å². The van der Waals surface area contributed by atoms with Crippen molar-refractivity contribution in [3.05, 3.63) is 58.6 Å². The van der Waals surface area contributed by atoms with Crippen LogP contribution in [0.5, 0.6) is 0 Å². The molecule has 250 valence electrons. The average molecular weight is 701 g/mol. The molecule has 0 saturated carbocycles. The summed E-state index contributed by atoms with van der Waals surface area (Å²) in [7, 11) is 0. The molecule has 2 N–H and O–H groups in total. The van der Waals surface area contributed by atoms with Gasteiger partial charge in [-0.15, -0.1) is 0 Å². The van der Waals surface area contributed by atoms with Gasteiger partial charge < -0.3 is 29.7 Å². The first-order valence-corrected chi connectivity index (χ1v) is 17.5. The first-order valence-electron chi connectivity index (χ1n) is 16.7. The van der Waals surface area contributed by atoms with E-state index in [2.05, 4.69) is 28.2 Å². The molecule has 1 aromatic rings. The van der Waals surface area contributed by atoms with Gasteiger partial charge in [0, 0.05) is 37.1 Å². The number of cyclic esters (lactones) is 1. The number of benzene rings is 1. The van der Waals surface area contributed by atoms with E-state index in [1.54, 1.807) is 16.7 Å². The van der Waals surface area contributed by atoms with E-state index in [1.807, 2.05) is 48.6 Å². The van der Waals surface area contributed by atoms with Crippen molar-refractivity contribution in [3.8, 4) is 0 Å². The number of carbonyl (C=O) groups excluding carboxylic acids is 4. The molecule has 11 heteroatoms. The maximum atomic E-state index is 14.6. The van der Waals surface area contributed by atoms with Crippen molar-refractivity contribution in [1.29, 1.82) is 0 Å². The van der Waals surface area contributed by atoms with Crippen LogP contribution in [-0.2, 0) is 28.7 Å². The minimum Gasteiger partial charge on any atom is -0.455 e. The van der Waals surface area contributed by atoms with Gasteiger partial charge in [-0.3, -0.25) is 19.2 Å². The monoisotopic (exact) mass is 699 g/mol. The summed E-state index contributed by atoms with van der Waals surface area (Å²) in [5.41, 5.74) is -0.604. The average Bonchev–Trinajstić information content (AvgIpc) is 3.63. The van der Waals surface area contributed by atoms with Gasteiger partial charge in [-0.05, 0) is 44.2 Å². The van der Waals surface area contributed by atoms with Gasteiger partial charge in [0.1, 0.15) is 29.8 Å². The van der Waals surface area contributed by atoms with Crippen LogP contribution in [0.2, 0.25) is 0 Å². The Morgan fingerprint density at radius 2 is 1.74 bits per heavy atom. The van der Waals surface area contributed by atoms with Crippen molar-refractivity contribution < 1.29 is 33.8 Å². The molecular formula is C35H46BrN3O7. The van der Waals surface area contributed by atoms with E-state index in [9.17, 15) is 24.3 Å². The molecule has 10 nitrogen and oxygen atoms in total. The van der Waals surface area contributed by atoms with Crippen LogP contribution in [0.3, 0.4) is 0 Å². The molecule has 0 radical (unpaired) electrons. The fraction of sp³-hybridized carbons (Fsp3) is 0.600. The molecule has 2 saturated heterocycles. The van der Waals surface area contributed by atoms with Gasteiger partial charge in [-0.1, -0.05) is 84.6 Å². The first kappa shape index (κ1) is 34.3. The smallest absolute Gasteiger partial charge is 0.313 e. The Hall–Kier alpha value is -3.02. The van der Waals surface area contributed by atoms with Crippen molar-refractivity contribution >= 4 is 39.6 Å². The molecule has 0 aliphatic carbocycles. The number of rotatable bonds is 10. The molecule has 1 aromatic carbocycles. The third-order valence-electron chi connectivity index (χ3n) is 9.58. The lowest BCUT2D eigenvalue weighted by atomic mass is 9.74. The van der Waals surface area contributed by atoms with E-state index >= 15 is 0 Å². The Bertz CT molecular complexity index is 1340. The molecule has 7 atom stereocenters. The second-order valence-corrected chi connectivity index (χ2v) is 13.7. The summed E-state index contributed by atoms with van der Waals surface area (Å²) >= 11 is 3.62. The number of esters is 1. The third kappa shape index (κ3) is 6.82. The van der Waals surface area contributed by atoms with E-state index < -0.39 is 47.7 Å². The largest absolute Gasteiger partial charge is 0.455 e. The summed E-state index contributed by atoms with van der Waals surface area (Å²) in [5, 5.41) is 12.2. The molecule has 4 aliphatic heterocycles. The summed E-state index contributed by atoms with van der Waals surface area (Å²) < 4.78 is 13.5. The number of fused-ring (bicyclic) bond motifs is 2. The Morgan fingerprint density at radius 3 is 2.48 bits per heavy atom. The van der Waals surface area contributed by atoms with E-state index in [0.29, 0.717) is 43.4 Å². The summed E-state index contributed by atoms with van der Waals surface area (Å²) in [6, 6.07) is 7.77. The molecule has 0 aromatic heterocycles. The number of amides is 3. The summed E-state index contributed by atoms with van der Waals surface area (Å²) in [5.74, 6) is -3.18. The molecule has 5 bridgehead atoms. The van der Waals surface area contributed by atoms with Gasteiger partial charge in [-0.2, -0.15) is 0 Å². The maximum Gasteiger partial charge on any atom is 0.313 e. The Kier molecular flexibility index (Phi) is 11.4. The molecule has 3 amide bonds. The highest BCUT2D eigenvalue weighted by molar-refractivity contribution is 9.11. The molecule has 46 heavy (non-hydrogen) atoms. The molecule has 0 unspecified atom stereocenters. The van der Waals surface area contributed by atoms with Crippen molar-refractivity contribution in [2.75, 3.05) is 26.2 Å². The number of allylic oxidation sites excluding steroid dienone is 1. The zero-order chi connectivity index (χ0) is 32.8. The van der Waals surface area contributed by atoms with Gasteiger partial charge in [0.05, 0.1) is 12.0 Å². The highest BCUT2D eigenvalue weighted by atomic mass is 79.9. The first-order chi connectivity index (χ1) is 22.2. The quantitative estimate of drug-likeness (QED) is 0.213. The van der Waals surface area contributed by atoms with Crippen LogP contribution in [0.15, 0.2) is 53.0 Å². The van der Waals surface area contributed by atoms with E-state index in [1.165, 1.54) is 0 Å². The van der Waals surface area contributed by atoms with Crippen molar-refractivity contribution in [1.82, 2.24) is 15.1 Å². The standard InChI is InChI=1S/C35H46BrN3O7/c1-3-4-18-38-19-12-8-11-17-26(41)37-23(2)29(24-15-9-7-10-16-24)45-34(44)27-28-32(42)39(20-13-5-6-14-21-40)31(33(38)43)35(28)22-25(36)30(27)46-35/h7-10,12,15-16,22-23,27-31,40H,3-6,11,13-14,17-21H2,1-2H3,(H,37,41)/b12-8-/t23-,27+,28-,29+,30+,31+,35-/m1/s1. The van der Waals surface area contributed by atoms with Crippen molar-refractivity contribution in [3.63, 3.8) is 0 Å². The number of likely N-dealkylation sites (tertiary alicyclic amines) is 1. The minimum absolute atomic E-state index is 0.110. The van der Waals surface area contributed by atoms with Crippen LogP contribution in [0.4, 0.5) is 0 Å². The number of halogens is 1. The number of unbranched alkanes of at least 4 members (excludes halogenated alkanes) is 4. The van der Waals surface area contributed by atoms with Crippen LogP contribution in [0.25, 0.3) is 0 Å². The SMILES string of the molecule is CCCCN1C/C=C\CCC(=O)N[C@H](C)[C@@H](c2ccccc2)OC(=O)[C@@H]2[C@H]3O[C@@]4(C=C3Br)[C@H](C1=O)N(CCCCCCO)C(=O)[C@@H]24. The number of carbonyl (C=O) groups is 4. The Labute approximate surface area is 279 Å². The number of aliphatic hydroxyl groups excluding tert-OH is 1. The zero-order valence-corrected chi connectivity index (χ0v) is 28.3. The fourth-order valence-electron chi connectivity index (χ4n) is 7.31. The molecule has 5 rings (SSSR count).